The number of esters is 1. The molecule has 3 N–H and O–H groups in total. The summed E-state index contributed by atoms with van der Waals surface area (Å²) in [6.07, 6.45) is 0.410. The van der Waals surface area contributed by atoms with Crippen LogP contribution < -0.4 is 5.73 Å². The molecule has 0 bridgehead atoms. The third kappa shape index (κ3) is 2.36. The Balaban J connectivity index is 2.16. The number of carboxylic acid groups (broad SMARTS) is 1. The predicted molar refractivity (Wildman–Crippen MR) is 63.7 cm³/mol. The van der Waals surface area contributed by atoms with Gasteiger partial charge in [-0.15, -0.1) is 0 Å². The van der Waals surface area contributed by atoms with Crippen molar-refractivity contribution >= 4 is 11.9 Å². The highest BCUT2D eigenvalue weighted by molar-refractivity contribution is 5.85. The normalized spacial score (nSPS) is 24.6. The smallest absolute Gasteiger partial charge is 0.348 e. The highest BCUT2D eigenvalue weighted by Gasteiger charge is 2.48. The third-order valence-corrected chi connectivity index (χ3v) is 3.21. The zero-order valence-electron chi connectivity index (χ0n) is 9.83. The average molecular weight is 249 g/mol. The van der Waals surface area contributed by atoms with Crippen LogP contribution >= 0.6 is 0 Å². The molecule has 5 nitrogen and oxygen atoms in total. The molecule has 2 unspecified atom stereocenters. The van der Waals surface area contributed by atoms with Crippen LogP contribution in [-0.2, 0) is 14.3 Å². The van der Waals surface area contributed by atoms with E-state index in [2.05, 4.69) is 0 Å². The van der Waals surface area contributed by atoms with Gasteiger partial charge in [0.05, 0.1) is 0 Å². The van der Waals surface area contributed by atoms with Gasteiger partial charge in [0.1, 0.15) is 0 Å². The molecule has 1 aromatic carbocycles. The molecule has 0 spiro atoms. The molecule has 0 aromatic heterocycles. The second kappa shape index (κ2) is 4.78. The highest BCUT2D eigenvalue weighted by Crippen LogP contribution is 2.34. The van der Waals surface area contributed by atoms with Gasteiger partial charge in [-0.25, -0.2) is 4.79 Å². The number of carbonyl (C=O) groups is 2. The van der Waals surface area contributed by atoms with E-state index in [9.17, 15) is 14.7 Å². The first-order chi connectivity index (χ1) is 8.53. The Morgan fingerprint density at radius 3 is 2.61 bits per heavy atom. The molecule has 2 atom stereocenters. The lowest BCUT2D eigenvalue weighted by Crippen LogP contribution is -2.41. The molecule has 5 heteroatoms. The van der Waals surface area contributed by atoms with Gasteiger partial charge in [-0.2, -0.15) is 0 Å². The molecule has 2 rings (SSSR count). The van der Waals surface area contributed by atoms with E-state index in [1.54, 1.807) is 0 Å². The fraction of sp³-hybridized carbons (Fsp3) is 0.385. The van der Waals surface area contributed by atoms with E-state index in [0.29, 0.717) is 0 Å². The molecule has 0 aliphatic carbocycles. The molecule has 96 valence electrons. The van der Waals surface area contributed by atoms with Crippen molar-refractivity contribution in [2.75, 3.05) is 0 Å². The first kappa shape index (κ1) is 12.6. The van der Waals surface area contributed by atoms with Gasteiger partial charge >= 0.3 is 11.9 Å². The SMILES string of the molecule is NC(CC1(C(=O)O)CCC(=O)O1)c1ccccc1. The van der Waals surface area contributed by atoms with E-state index in [0.717, 1.165) is 5.56 Å². The number of rotatable bonds is 4. The Bertz CT molecular complexity index is 459. The van der Waals surface area contributed by atoms with Crippen molar-refractivity contribution < 1.29 is 19.4 Å². The summed E-state index contributed by atoms with van der Waals surface area (Å²) in [5.74, 6) is -1.60. The van der Waals surface area contributed by atoms with Gasteiger partial charge in [-0.3, -0.25) is 4.79 Å². The molecule has 1 fully saturated rings. The van der Waals surface area contributed by atoms with Crippen molar-refractivity contribution in [3.63, 3.8) is 0 Å². The number of cyclic esters (lactones) is 1. The minimum atomic E-state index is -1.47. The first-order valence-electron chi connectivity index (χ1n) is 5.79. The monoisotopic (exact) mass is 249 g/mol. The lowest BCUT2D eigenvalue weighted by molar-refractivity contribution is -0.170. The van der Waals surface area contributed by atoms with Crippen LogP contribution in [0.4, 0.5) is 0 Å². The van der Waals surface area contributed by atoms with Gasteiger partial charge in [0.25, 0.3) is 0 Å². The van der Waals surface area contributed by atoms with Gasteiger partial charge in [-0.05, 0) is 5.56 Å². The van der Waals surface area contributed by atoms with Crippen LogP contribution in [0.25, 0.3) is 0 Å². The molecular weight excluding hydrogens is 234 g/mol. The summed E-state index contributed by atoms with van der Waals surface area (Å²) in [6, 6.07) is 8.73. The van der Waals surface area contributed by atoms with Crippen molar-refractivity contribution in [2.45, 2.75) is 30.9 Å². The number of nitrogens with two attached hydrogens (primary N) is 1. The molecule has 1 aromatic rings. The van der Waals surface area contributed by atoms with E-state index in [1.807, 2.05) is 30.3 Å². The van der Waals surface area contributed by atoms with Gasteiger partial charge in [-0.1, -0.05) is 30.3 Å². The quantitative estimate of drug-likeness (QED) is 0.783. The Morgan fingerprint density at radius 1 is 1.44 bits per heavy atom. The molecule has 0 radical (unpaired) electrons. The van der Waals surface area contributed by atoms with Crippen LogP contribution in [0.1, 0.15) is 30.9 Å². The van der Waals surface area contributed by atoms with Crippen LogP contribution in [0.5, 0.6) is 0 Å². The van der Waals surface area contributed by atoms with E-state index in [-0.39, 0.29) is 19.3 Å². The van der Waals surface area contributed by atoms with Crippen LogP contribution in [-0.4, -0.2) is 22.6 Å². The van der Waals surface area contributed by atoms with Crippen LogP contribution in [0, 0.1) is 0 Å². The third-order valence-electron chi connectivity index (χ3n) is 3.21. The topological polar surface area (TPSA) is 89.6 Å². The molecule has 18 heavy (non-hydrogen) atoms. The first-order valence-corrected chi connectivity index (χ1v) is 5.79. The number of carbonyl (C=O) groups excluding carboxylic acids is 1. The standard InChI is InChI=1S/C13H15NO4/c14-10(9-4-2-1-3-5-9)8-13(12(16)17)7-6-11(15)18-13/h1-5,10H,6-8,14H2,(H,16,17). The summed E-state index contributed by atoms with van der Waals surface area (Å²) < 4.78 is 4.98. The summed E-state index contributed by atoms with van der Waals surface area (Å²) in [5, 5.41) is 9.24. The zero-order chi connectivity index (χ0) is 13.2. The molecule has 0 amide bonds. The van der Waals surface area contributed by atoms with Gasteiger partial charge in [0, 0.05) is 25.3 Å². The van der Waals surface area contributed by atoms with Crippen LogP contribution in [0.15, 0.2) is 30.3 Å². The van der Waals surface area contributed by atoms with Gasteiger partial charge in [0.2, 0.25) is 5.60 Å². The predicted octanol–water partition coefficient (Wildman–Crippen LogP) is 1.24. The van der Waals surface area contributed by atoms with Gasteiger partial charge < -0.3 is 15.6 Å². The number of benzene rings is 1. The molecule has 1 saturated heterocycles. The summed E-state index contributed by atoms with van der Waals surface area (Å²) in [6.45, 7) is 0. The maximum atomic E-state index is 11.3. The summed E-state index contributed by atoms with van der Waals surface area (Å²) in [7, 11) is 0. The summed E-state index contributed by atoms with van der Waals surface area (Å²) >= 11 is 0. The van der Waals surface area contributed by atoms with Crippen molar-refractivity contribution in [2.24, 2.45) is 5.73 Å². The van der Waals surface area contributed by atoms with E-state index < -0.39 is 23.6 Å². The highest BCUT2D eigenvalue weighted by atomic mass is 16.6. The Morgan fingerprint density at radius 2 is 2.11 bits per heavy atom. The fourth-order valence-corrected chi connectivity index (χ4v) is 2.18. The summed E-state index contributed by atoms with van der Waals surface area (Å²) in [4.78, 5) is 22.5. The van der Waals surface area contributed by atoms with Crippen molar-refractivity contribution in [1.82, 2.24) is 0 Å². The van der Waals surface area contributed by atoms with Crippen LogP contribution in [0.3, 0.4) is 0 Å². The fourth-order valence-electron chi connectivity index (χ4n) is 2.18. The van der Waals surface area contributed by atoms with Gasteiger partial charge in [0.15, 0.2) is 0 Å². The van der Waals surface area contributed by atoms with E-state index in [4.69, 9.17) is 10.5 Å². The minimum Gasteiger partial charge on any atom is -0.478 e. The maximum Gasteiger partial charge on any atom is 0.348 e. The molecule has 0 saturated carbocycles. The average Bonchev–Trinajstić information content (AvgIpc) is 2.73. The van der Waals surface area contributed by atoms with E-state index in [1.165, 1.54) is 0 Å². The number of hydrogen-bond donors (Lipinski definition) is 2. The Labute approximate surface area is 105 Å². The summed E-state index contributed by atoms with van der Waals surface area (Å²) in [5.41, 5.74) is 5.36. The lowest BCUT2D eigenvalue weighted by atomic mass is 9.89. The zero-order valence-corrected chi connectivity index (χ0v) is 9.83. The number of hydrogen-bond acceptors (Lipinski definition) is 4. The minimum absolute atomic E-state index is 0.0953. The Kier molecular flexibility index (Phi) is 3.34. The number of ether oxygens (including phenoxy) is 1. The second-order valence-corrected chi connectivity index (χ2v) is 4.49. The molecule has 1 aliphatic heterocycles. The number of aliphatic carboxylic acids is 1. The molecule has 1 aliphatic rings. The Hall–Kier alpha value is -1.88. The van der Waals surface area contributed by atoms with Crippen molar-refractivity contribution in [3.05, 3.63) is 35.9 Å². The van der Waals surface area contributed by atoms with Crippen LogP contribution in [0.2, 0.25) is 0 Å². The van der Waals surface area contributed by atoms with Crippen molar-refractivity contribution in [3.8, 4) is 0 Å². The molecule has 1 heterocycles. The number of carboxylic acids is 1. The second-order valence-electron chi connectivity index (χ2n) is 4.49. The maximum absolute atomic E-state index is 11.3. The van der Waals surface area contributed by atoms with E-state index >= 15 is 0 Å². The largest absolute Gasteiger partial charge is 0.478 e. The lowest BCUT2D eigenvalue weighted by Gasteiger charge is -2.26. The molecular formula is C13H15NO4. The van der Waals surface area contributed by atoms with Crippen molar-refractivity contribution in [1.29, 1.82) is 0 Å².